The van der Waals surface area contributed by atoms with Crippen molar-refractivity contribution in [3.05, 3.63) is 48.4 Å². The van der Waals surface area contributed by atoms with Crippen LogP contribution in [0.1, 0.15) is 10.6 Å². The van der Waals surface area contributed by atoms with E-state index in [0.29, 0.717) is 37.8 Å². The van der Waals surface area contributed by atoms with Crippen molar-refractivity contribution in [3.8, 4) is 11.5 Å². The van der Waals surface area contributed by atoms with Crippen LogP contribution >= 0.6 is 0 Å². The normalized spacial score (nSPS) is 16.6. The molecule has 0 radical (unpaired) electrons. The molecule has 8 nitrogen and oxygen atoms in total. The second-order valence-corrected chi connectivity index (χ2v) is 5.95. The van der Waals surface area contributed by atoms with Crippen LogP contribution in [-0.2, 0) is 9.53 Å². The van der Waals surface area contributed by atoms with Crippen LogP contribution in [0, 0.1) is 0 Å². The Morgan fingerprint density at radius 1 is 1.22 bits per heavy atom. The number of nitrogens with zero attached hydrogens (tertiary/aromatic N) is 1. The molecule has 3 rings (SSSR count). The number of methoxy groups -OCH3 is 1. The minimum absolute atomic E-state index is 0.0976. The Labute approximate surface area is 157 Å². The number of ether oxygens (including phenoxy) is 3. The number of benzene rings is 1. The zero-order valence-corrected chi connectivity index (χ0v) is 15.1. The van der Waals surface area contributed by atoms with Crippen LogP contribution in [0.2, 0.25) is 0 Å². The molecule has 2 aromatic rings. The van der Waals surface area contributed by atoms with Gasteiger partial charge in [0.05, 0.1) is 33.1 Å². The van der Waals surface area contributed by atoms with Crippen LogP contribution in [0.4, 0.5) is 0 Å². The van der Waals surface area contributed by atoms with E-state index in [1.54, 1.807) is 24.1 Å². The summed E-state index contributed by atoms with van der Waals surface area (Å²) in [6, 6.07) is 10.5. The Kier molecular flexibility index (Phi) is 6.32. The van der Waals surface area contributed by atoms with Crippen molar-refractivity contribution in [1.29, 1.82) is 0 Å². The third-order valence-corrected chi connectivity index (χ3v) is 4.13. The Hall–Kier alpha value is -3.00. The van der Waals surface area contributed by atoms with E-state index in [1.807, 2.05) is 24.3 Å². The van der Waals surface area contributed by atoms with Crippen LogP contribution in [0.25, 0.3) is 0 Å². The molecule has 1 N–H and O–H groups in total. The lowest BCUT2D eigenvalue weighted by molar-refractivity contribution is -0.138. The quantitative estimate of drug-likeness (QED) is 0.786. The molecule has 2 heterocycles. The Morgan fingerprint density at radius 2 is 2.04 bits per heavy atom. The first-order chi connectivity index (χ1) is 13.2. The molecule has 0 saturated carbocycles. The van der Waals surface area contributed by atoms with E-state index in [9.17, 15) is 9.59 Å². The first-order valence-corrected chi connectivity index (χ1v) is 8.64. The van der Waals surface area contributed by atoms with Crippen molar-refractivity contribution >= 4 is 11.8 Å². The molecule has 0 aliphatic carbocycles. The van der Waals surface area contributed by atoms with Crippen molar-refractivity contribution in [3.63, 3.8) is 0 Å². The Morgan fingerprint density at radius 3 is 2.78 bits per heavy atom. The van der Waals surface area contributed by atoms with Gasteiger partial charge in [-0.15, -0.1) is 0 Å². The summed E-state index contributed by atoms with van der Waals surface area (Å²) >= 11 is 0. The Balaban J connectivity index is 1.47. The molecule has 144 valence electrons. The van der Waals surface area contributed by atoms with Crippen LogP contribution in [0.3, 0.4) is 0 Å². The van der Waals surface area contributed by atoms with Gasteiger partial charge < -0.3 is 28.8 Å². The summed E-state index contributed by atoms with van der Waals surface area (Å²) in [6.07, 6.45) is 1.15. The highest BCUT2D eigenvalue weighted by Gasteiger charge is 2.25. The maximum Gasteiger partial charge on any atom is 0.287 e. The second kappa shape index (κ2) is 9.09. The zero-order chi connectivity index (χ0) is 19.1. The maximum absolute atomic E-state index is 12.4. The average molecular weight is 374 g/mol. The predicted molar refractivity (Wildman–Crippen MR) is 95.9 cm³/mol. The minimum Gasteiger partial charge on any atom is -0.493 e. The highest BCUT2D eigenvalue weighted by Crippen LogP contribution is 2.26. The predicted octanol–water partition coefficient (Wildman–Crippen LogP) is 1.32. The number of furan rings is 1. The summed E-state index contributed by atoms with van der Waals surface area (Å²) in [6.45, 7) is 1.48. The molecule has 1 saturated heterocycles. The number of nitrogens with one attached hydrogen (secondary N) is 1. The molecule has 1 aromatic heterocycles. The lowest BCUT2D eigenvalue weighted by atomic mass is 10.2. The van der Waals surface area contributed by atoms with Crippen LogP contribution in [0.15, 0.2) is 47.1 Å². The van der Waals surface area contributed by atoms with Gasteiger partial charge in [-0.2, -0.15) is 0 Å². The van der Waals surface area contributed by atoms with Crippen LogP contribution in [-0.4, -0.2) is 62.8 Å². The first kappa shape index (κ1) is 18.8. The fourth-order valence-electron chi connectivity index (χ4n) is 2.73. The highest BCUT2D eigenvalue weighted by atomic mass is 16.5. The number of morpholine rings is 1. The fourth-order valence-corrected chi connectivity index (χ4v) is 2.73. The van der Waals surface area contributed by atoms with Crippen LogP contribution in [0.5, 0.6) is 11.5 Å². The fraction of sp³-hybridized carbons (Fsp3) is 0.368. The standard InChI is InChI=1S/C19H22N2O6/c1-24-15-5-2-3-6-16(15)27-13-14-12-21(8-10-25-14)18(22)11-20-19(23)17-7-4-9-26-17/h2-7,9,14H,8,10-13H2,1H3,(H,20,23). The van der Waals surface area contributed by atoms with Crippen molar-refractivity contribution < 1.29 is 28.2 Å². The average Bonchev–Trinajstić information content (AvgIpc) is 3.25. The summed E-state index contributed by atoms with van der Waals surface area (Å²) in [5, 5.41) is 2.56. The second-order valence-electron chi connectivity index (χ2n) is 5.95. The van der Waals surface area contributed by atoms with E-state index in [2.05, 4.69) is 5.32 Å². The number of rotatable bonds is 7. The van der Waals surface area contributed by atoms with Gasteiger partial charge in [-0.1, -0.05) is 12.1 Å². The number of amides is 2. The van der Waals surface area contributed by atoms with E-state index in [-0.39, 0.29) is 24.3 Å². The van der Waals surface area contributed by atoms with Crippen LogP contribution < -0.4 is 14.8 Å². The number of carbonyl (C=O) groups excluding carboxylic acids is 2. The number of hydrogen-bond acceptors (Lipinski definition) is 6. The smallest absolute Gasteiger partial charge is 0.287 e. The number of carbonyl (C=O) groups is 2. The van der Waals surface area contributed by atoms with Gasteiger partial charge in [0.1, 0.15) is 12.7 Å². The molecular weight excluding hydrogens is 352 g/mol. The molecule has 1 aliphatic heterocycles. The lowest BCUT2D eigenvalue weighted by Gasteiger charge is -2.33. The molecule has 1 unspecified atom stereocenters. The minimum atomic E-state index is -0.419. The van der Waals surface area contributed by atoms with Gasteiger partial charge in [-0.05, 0) is 24.3 Å². The molecule has 0 spiro atoms. The van der Waals surface area contributed by atoms with E-state index in [0.717, 1.165) is 0 Å². The van der Waals surface area contributed by atoms with E-state index in [4.69, 9.17) is 18.6 Å². The zero-order valence-electron chi connectivity index (χ0n) is 15.1. The first-order valence-electron chi connectivity index (χ1n) is 8.64. The van der Waals surface area contributed by atoms with E-state index < -0.39 is 5.91 Å². The summed E-state index contributed by atoms with van der Waals surface area (Å²) in [4.78, 5) is 25.9. The van der Waals surface area contributed by atoms with Gasteiger partial charge in [-0.25, -0.2) is 0 Å². The summed E-state index contributed by atoms with van der Waals surface area (Å²) in [5.74, 6) is 0.839. The molecule has 1 aliphatic rings. The summed E-state index contributed by atoms with van der Waals surface area (Å²) in [7, 11) is 1.58. The molecule has 1 aromatic carbocycles. The summed E-state index contributed by atoms with van der Waals surface area (Å²) in [5.41, 5.74) is 0. The topological polar surface area (TPSA) is 90.2 Å². The molecule has 27 heavy (non-hydrogen) atoms. The summed E-state index contributed by atoms with van der Waals surface area (Å²) < 4.78 is 21.7. The third kappa shape index (κ3) is 5.01. The molecule has 2 amide bonds. The molecular formula is C19H22N2O6. The number of para-hydroxylation sites is 2. The van der Waals surface area contributed by atoms with Gasteiger partial charge in [0.15, 0.2) is 17.3 Å². The van der Waals surface area contributed by atoms with Gasteiger partial charge >= 0.3 is 0 Å². The SMILES string of the molecule is COc1ccccc1OCC1CN(C(=O)CNC(=O)c2ccco2)CCO1. The van der Waals surface area contributed by atoms with Crippen molar-refractivity contribution in [2.45, 2.75) is 6.10 Å². The van der Waals surface area contributed by atoms with Gasteiger partial charge in [-0.3, -0.25) is 9.59 Å². The van der Waals surface area contributed by atoms with Gasteiger partial charge in [0, 0.05) is 6.54 Å². The molecule has 1 atom stereocenters. The van der Waals surface area contributed by atoms with Crippen molar-refractivity contribution in [2.75, 3.05) is 40.0 Å². The van der Waals surface area contributed by atoms with Gasteiger partial charge in [0.2, 0.25) is 5.91 Å². The van der Waals surface area contributed by atoms with E-state index in [1.165, 1.54) is 6.26 Å². The third-order valence-electron chi connectivity index (χ3n) is 4.13. The molecule has 0 bridgehead atoms. The lowest BCUT2D eigenvalue weighted by Crippen LogP contribution is -2.50. The largest absolute Gasteiger partial charge is 0.493 e. The van der Waals surface area contributed by atoms with E-state index >= 15 is 0 Å². The van der Waals surface area contributed by atoms with Crippen molar-refractivity contribution in [1.82, 2.24) is 10.2 Å². The highest BCUT2D eigenvalue weighted by molar-refractivity contribution is 5.94. The molecule has 1 fully saturated rings. The van der Waals surface area contributed by atoms with Gasteiger partial charge in [0.25, 0.3) is 5.91 Å². The number of hydrogen-bond donors (Lipinski definition) is 1. The maximum atomic E-state index is 12.4. The molecule has 8 heteroatoms. The Bertz CT molecular complexity index is 761. The monoisotopic (exact) mass is 374 g/mol. The van der Waals surface area contributed by atoms with Crippen molar-refractivity contribution in [2.24, 2.45) is 0 Å².